The van der Waals surface area contributed by atoms with Crippen LogP contribution in [-0.2, 0) is 12.8 Å². The van der Waals surface area contributed by atoms with Gasteiger partial charge in [-0.05, 0) is 18.9 Å². The van der Waals surface area contributed by atoms with Crippen LogP contribution in [0, 0.1) is 11.3 Å². The van der Waals surface area contributed by atoms with E-state index in [1.54, 1.807) is 11.8 Å². The van der Waals surface area contributed by atoms with Crippen molar-refractivity contribution in [3.05, 3.63) is 27.5 Å². The molecular weight excluding hydrogens is 244 g/mol. The summed E-state index contributed by atoms with van der Waals surface area (Å²) in [6.45, 7) is 0. The van der Waals surface area contributed by atoms with Crippen molar-refractivity contribution in [1.29, 1.82) is 5.26 Å². The quantitative estimate of drug-likeness (QED) is 0.557. The van der Waals surface area contributed by atoms with Crippen molar-refractivity contribution in [1.82, 2.24) is 0 Å². The highest BCUT2D eigenvalue weighted by Crippen LogP contribution is 2.23. The molecule has 0 bridgehead atoms. The van der Waals surface area contributed by atoms with E-state index in [1.807, 2.05) is 6.07 Å². The number of rotatable bonds is 1. The second-order valence-corrected chi connectivity index (χ2v) is 4.01. The topological polar surface area (TPSA) is 36.9 Å². The fraction of sp³-hybridized carbons (Fsp3) is 0.400. The summed E-state index contributed by atoms with van der Waals surface area (Å²) >= 11 is 3.37. The zero-order chi connectivity index (χ0) is 10.1. The molecule has 0 saturated carbocycles. The molecule has 0 fully saturated rings. The van der Waals surface area contributed by atoms with E-state index in [0.29, 0.717) is 10.2 Å². The van der Waals surface area contributed by atoms with Crippen LogP contribution in [0.1, 0.15) is 23.2 Å². The normalized spacial score (nSPS) is 13.5. The first-order chi connectivity index (χ1) is 6.77. The maximum absolute atomic E-state index is 8.92. The van der Waals surface area contributed by atoms with Crippen LogP contribution in [0.15, 0.2) is 10.7 Å². The number of aryl methyl sites for hydroxylation is 1. The van der Waals surface area contributed by atoms with Crippen molar-refractivity contribution in [2.45, 2.75) is 19.3 Å². The van der Waals surface area contributed by atoms with E-state index in [1.165, 1.54) is 11.3 Å². The molecule has 2 rings (SSSR count). The highest BCUT2D eigenvalue weighted by molar-refractivity contribution is 9.10. The lowest BCUT2D eigenvalue weighted by Gasteiger charge is -2.01. The number of hydrogen-bond donors (Lipinski definition) is 0. The van der Waals surface area contributed by atoms with Crippen LogP contribution in [0.3, 0.4) is 0 Å². The van der Waals surface area contributed by atoms with Crippen molar-refractivity contribution >= 4 is 15.9 Å². The van der Waals surface area contributed by atoms with E-state index in [4.69, 9.17) is 10.1 Å². The fourth-order valence-corrected chi connectivity index (χ4v) is 2.43. The lowest BCUT2D eigenvalue weighted by Crippen LogP contribution is -2.46. The van der Waals surface area contributed by atoms with Gasteiger partial charge in [-0.3, -0.25) is 4.84 Å². The van der Waals surface area contributed by atoms with Crippen LogP contribution in [0.5, 0.6) is 0 Å². The largest absolute Gasteiger partial charge is 0.316 e. The zero-order valence-electron chi connectivity index (χ0n) is 7.88. The Morgan fingerprint density at radius 2 is 2.36 bits per heavy atom. The summed E-state index contributed by atoms with van der Waals surface area (Å²) in [6, 6.07) is 4.10. The van der Waals surface area contributed by atoms with Crippen molar-refractivity contribution in [2.75, 3.05) is 7.11 Å². The molecule has 0 spiro atoms. The molecule has 1 aliphatic carbocycles. The Kier molecular flexibility index (Phi) is 2.42. The monoisotopic (exact) mass is 253 g/mol. The molecule has 0 unspecified atom stereocenters. The summed E-state index contributed by atoms with van der Waals surface area (Å²) in [5, 5.41) is 8.92. The van der Waals surface area contributed by atoms with Gasteiger partial charge in [0.2, 0.25) is 5.69 Å². The van der Waals surface area contributed by atoms with Crippen molar-refractivity contribution in [3.63, 3.8) is 0 Å². The Bertz CT molecular complexity index is 419. The maximum Gasteiger partial charge on any atom is 0.316 e. The first-order valence-corrected chi connectivity index (χ1v) is 5.28. The number of nitriles is 1. The molecule has 1 aliphatic rings. The average molecular weight is 254 g/mol. The highest BCUT2D eigenvalue weighted by atomic mass is 79.9. The summed E-state index contributed by atoms with van der Waals surface area (Å²) < 4.78 is 2.42. The van der Waals surface area contributed by atoms with Crippen LogP contribution in [0.25, 0.3) is 0 Å². The minimum absolute atomic E-state index is 0.632. The van der Waals surface area contributed by atoms with Crippen molar-refractivity contribution in [3.8, 4) is 6.07 Å². The molecule has 0 atom stereocenters. The molecule has 3 nitrogen and oxygen atoms in total. The molecule has 0 aliphatic heterocycles. The van der Waals surface area contributed by atoms with E-state index in [2.05, 4.69) is 22.0 Å². The molecule has 1 heterocycles. The second kappa shape index (κ2) is 3.58. The molecule has 0 radical (unpaired) electrons. The molecule has 0 N–H and O–H groups in total. The molecule has 72 valence electrons. The molecular formula is C10H10BrN2O+. The lowest BCUT2D eigenvalue weighted by atomic mass is 10.2. The highest BCUT2D eigenvalue weighted by Gasteiger charge is 2.29. The third kappa shape index (κ3) is 1.28. The van der Waals surface area contributed by atoms with E-state index in [0.717, 1.165) is 19.3 Å². The Hall–Kier alpha value is -1.08. The molecule has 0 saturated heterocycles. The van der Waals surface area contributed by atoms with Gasteiger partial charge in [0.1, 0.15) is 18.7 Å². The minimum atomic E-state index is 0.632. The number of aromatic nitrogens is 1. The molecule has 1 aromatic heterocycles. The van der Waals surface area contributed by atoms with Crippen LogP contribution in [0.4, 0.5) is 0 Å². The van der Waals surface area contributed by atoms with Gasteiger partial charge in [-0.1, -0.05) is 0 Å². The Morgan fingerprint density at radius 3 is 3.00 bits per heavy atom. The molecule has 0 aromatic carbocycles. The molecule has 4 heteroatoms. The minimum Gasteiger partial charge on any atom is -0.273 e. The van der Waals surface area contributed by atoms with Gasteiger partial charge in [0.15, 0.2) is 0 Å². The van der Waals surface area contributed by atoms with E-state index in [-0.39, 0.29) is 0 Å². The Morgan fingerprint density at radius 1 is 1.57 bits per heavy atom. The predicted octanol–water partition coefficient (Wildman–Crippen LogP) is 1.16. The van der Waals surface area contributed by atoms with Crippen molar-refractivity contribution < 1.29 is 9.57 Å². The number of hydrogen-bond acceptors (Lipinski definition) is 2. The third-order valence-corrected chi connectivity index (χ3v) is 3.25. The molecule has 14 heavy (non-hydrogen) atoms. The SMILES string of the molecule is CO[n+]1c(Br)c(C#N)cc2c1CCC2. The third-order valence-electron chi connectivity index (χ3n) is 2.50. The van der Waals surface area contributed by atoms with Gasteiger partial charge in [0.05, 0.1) is 0 Å². The van der Waals surface area contributed by atoms with Gasteiger partial charge in [-0.15, -0.1) is 0 Å². The lowest BCUT2D eigenvalue weighted by molar-refractivity contribution is -0.898. The summed E-state index contributed by atoms with van der Waals surface area (Å²) in [6.07, 6.45) is 3.20. The molecule has 1 aromatic rings. The van der Waals surface area contributed by atoms with E-state index >= 15 is 0 Å². The summed E-state index contributed by atoms with van der Waals surface area (Å²) in [7, 11) is 1.62. The predicted molar refractivity (Wildman–Crippen MR) is 53.6 cm³/mol. The number of fused-ring (bicyclic) bond motifs is 1. The number of pyridine rings is 1. The standard InChI is InChI=1S/C10H10BrN2O/c1-14-13-9-4-2-3-7(9)5-8(6-12)10(13)11/h5H,2-4H2,1H3/q+1. The van der Waals surface area contributed by atoms with Crippen LogP contribution < -0.4 is 9.57 Å². The van der Waals surface area contributed by atoms with Crippen LogP contribution in [-0.4, -0.2) is 7.11 Å². The van der Waals surface area contributed by atoms with E-state index < -0.39 is 0 Å². The van der Waals surface area contributed by atoms with Gasteiger partial charge in [0, 0.05) is 32.6 Å². The smallest absolute Gasteiger partial charge is 0.273 e. The second-order valence-electron chi connectivity index (χ2n) is 3.26. The first kappa shape index (κ1) is 9.47. The van der Waals surface area contributed by atoms with Gasteiger partial charge in [-0.2, -0.15) is 5.26 Å². The van der Waals surface area contributed by atoms with E-state index in [9.17, 15) is 0 Å². The Labute approximate surface area is 91.0 Å². The maximum atomic E-state index is 8.92. The van der Waals surface area contributed by atoms with Crippen LogP contribution >= 0.6 is 15.9 Å². The van der Waals surface area contributed by atoms with Crippen molar-refractivity contribution in [2.24, 2.45) is 0 Å². The number of nitrogens with zero attached hydrogens (tertiary/aromatic N) is 2. The van der Waals surface area contributed by atoms with Gasteiger partial charge in [-0.25, -0.2) is 0 Å². The Balaban J connectivity index is 2.68. The van der Waals surface area contributed by atoms with Gasteiger partial charge < -0.3 is 0 Å². The average Bonchev–Trinajstić information content (AvgIpc) is 2.64. The van der Waals surface area contributed by atoms with Gasteiger partial charge >= 0.3 is 4.60 Å². The summed E-state index contributed by atoms with van der Waals surface area (Å²) in [4.78, 5) is 5.25. The first-order valence-electron chi connectivity index (χ1n) is 4.49. The van der Waals surface area contributed by atoms with Crippen LogP contribution in [0.2, 0.25) is 0 Å². The summed E-state index contributed by atoms with van der Waals surface area (Å²) in [5.41, 5.74) is 3.04. The fourth-order valence-electron chi connectivity index (χ4n) is 1.87. The molecule has 0 amide bonds. The zero-order valence-corrected chi connectivity index (χ0v) is 9.47. The van der Waals surface area contributed by atoms with Gasteiger partial charge in [0.25, 0.3) is 0 Å². The number of halogens is 1. The summed E-state index contributed by atoms with van der Waals surface area (Å²) in [5.74, 6) is 0.